The van der Waals surface area contributed by atoms with Gasteiger partial charge in [-0.15, -0.1) is 0 Å². The van der Waals surface area contributed by atoms with E-state index in [9.17, 15) is 14.7 Å². The highest BCUT2D eigenvalue weighted by molar-refractivity contribution is 5.99. The molecule has 3 aromatic rings. The summed E-state index contributed by atoms with van der Waals surface area (Å²) in [5, 5.41) is 10.0. The van der Waals surface area contributed by atoms with E-state index in [1.165, 1.54) is 5.56 Å². The predicted molar refractivity (Wildman–Crippen MR) is 124 cm³/mol. The van der Waals surface area contributed by atoms with E-state index in [2.05, 4.69) is 12.1 Å². The van der Waals surface area contributed by atoms with Gasteiger partial charge in [0.25, 0.3) is 0 Å². The van der Waals surface area contributed by atoms with Crippen molar-refractivity contribution in [1.82, 2.24) is 0 Å². The Kier molecular flexibility index (Phi) is 6.40. The molecular weight excluding hydrogens is 400 g/mol. The summed E-state index contributed by atoms with van der Waals surface area (Å²) < 4.78 is 5.51. The third-order valence-corrected chi connectivity index (χ3v) is 6.49. The van der Waals surface area contributed by atoms with Crippen molar-refractivity contribution in [2.75, 3.05) is 7.11 Å². The lowest BCUT2D eigenvalue weighted by Crippen LogP contribution is -2.34. The number of ketones is 1. The number of ether oxygens (including phenoxy) is 1. The number of carboxylic acids is 1. The summed E-state index contributed by atoms with van der Waals surface area (Å²) >= 11 is 0. The molecule has 0 saturated heterocycles. The van der Waals surface area contributed by atoms with E-state index in [4.69, 9.17) is 4.74 Å². The Morgan fingerprint density at radius 2 is 1.56 bits per heavy atom. The monoisotopic (exact) mass is 428 g/mol. The number of rotatable bonds is 9. The van der Waals surface area contributed by atoms with Gasteiger partial charge in [-0.1, -0.05) is 54.6 Å². The van der Waals surface area contributed by atoms with Gasteiger partial charge < -0.3 is 9.84 Å². The molecule has 4 nitrogen and oxygen atoms in total. The van der Waals surface area contributed by atoms with Crippen molar-refractivity contribution in [3.63, 3.8) is 0 Å². The van der Waals surface area contributed by atoms with Crippen LogP contribution in [-0.2, 0) is 30.5 Å². The minimum atomic E-state index is -1.08. The first-order valence-corrected chi connectivity index (χ1v) is 11.0. The molecular formula is C28H28O4. The standard InChI is InChI=1S/C28H28O4/c1-32-26-15-14-21(16-22(26)13-7-10-20-8-3-2-4-9-20)25(29)19-28(27(30)31)17-23-11-5-6-12-24(23)18-28/h2-6,8-9,11-12,14-16H,7,10,13,17-19H2,1H3,(H,30,31). The molecule has 0 unspecified atom stereocenters. The lowest BCUT2D eigenvalue weighted by atomic mass is 9.78. The number of carboxylic acid groups (broad SMARTS) is 1. The quantitative estimate of drug-likeness (QED) is 0.469. The second kappa shape index (κ2) is 9.39. The Bertz CT molecular complexity index is 1090. The molecule has 4 rings (SSSR count). The van der Waals surface area contributed by atoms with Gasteiger partial charge in [-0.25, -0.2) is 0 Å². The fourth-order valence-electron chi connectivity index (χ4n) is 4.73. The van der Waals surface area contributed by atoms with E-state index >= 15 is 0 Å². The molecule has 3 aromatic carbocycles. The van der Waals surface area contributed by atoms with Crippen molar-refractivity contribution in [3.05, 3.63) is 101 Å². The van der Waals surface area contributed by atoms with Crippen molar-refractivity contribution in [2.45, 2.75) is 38.5 Å². The summed E-state index contributed by atoms with van der Waals surface area (Å²) in [4.78, 5) is 25.4. The number of fused-ring (bicyclic) bond motifs is 1. The van der Waals surface area contributed by atoms with Gasteiger partial charge in [-0.2, -0.15) is 0 Å². The third kappa shape index (κ3) is 4.59. The maximum absolute atomic E-state index is 13.2. The van der Waals surface area contributed by atoms with Crippen LogP contribution in [0.1, 0.15) is 45.5 Å². The van der Waals surface area contributed by atoms with Crippen molar-refractivity contribution in [3.8, 4) is 5.75 Å². The fraction of sp³-hybridized carbons (Fsp3) is 0.286. The topological polar surface area (TPSA) is 63.6 Å². The van der Waals surface area contributed by atoms with Crippen LogP contribution in [0.3, 0.4) is 0 Å². The third-order valence-electron chi connectivity index (χ3n) is 6.49. The summed E-state index contributed by atoms with van der Waals surface area (Å²) in [7, 11) is 1.63. The van der Waals surface area contributed by atoms with Gasteiger partial charge >= 0.3 is 5.97 Å². The van der Waals surface area contributed by atoms with Gasteiger partial charge in [0.2, 0.25) is 0 Å². The van der Waals surface area contributed by atoms with Gasteiger partial charge in [0.15, 0.2) is 5.78 Å². The van der Waals surface area contributed by atoms with Crippen LogP contribution in [0.4, 0.5) is 0 Å². The number of hydrogen-bond acceptors (Lipinski definition) is 3. The van der Waals surface area contributed by atoms with E-state index in [1.807, 2.05) is 54.6 Å². The van der Waals surface area contributed by atoms with E-state index < -0.39 is 11.4 Å². The molecule has 32 heavy (non-hydrogen) atoms. The van der Waals surface area contributed by atoms with Crippen LogP contribution < -0.4 is 4.74 Å². The summed E-state index contributed by atoms with van der Waals surface area (Å²) in [6.07, 6.45) is 3.45. The highest BCUT2D eigenvalue weighted by atomic mass is 16.5. The normalized spacial score (nSPS) is 14.0. The number of aliphatic carboxylic acids is 1. The minimum Gasteiger partial charge on any atom is -0.496 e. The number of aryl methyl sites for hydroxylation is 2. The van der Waals surface area contributed by atoms with Crippen LogP contribution in [-0.4, -0.2) is 24.0 Å². The average molecular weight is 429 g/mol. The Morgan fingerprint density at radius 1 is 0.906 bits per heavy atom. The number of methoxy groups -OCH3 is 1. The van der Waals surface area contributed by atoms with Gasteiger partial charge in [-0.3, -0.25) is 9.59 Å². The first-order valence-electron chi connectivity index (χ1n) is 11.0. The van der Waals surface area contributed by atoms with E-state index in [0.29, 0.717) is 18.4 Å². The van der Waals surface area contributed by atoms with Crippen molar-refractivity contribution in [2.24, 2.45) is 5.41 Å². The second-order valence-corrected chi connectivity index (χ2v) is 8.67. The molecule has 0 spiro atoms. The summed E-state index contributed by atoms with van der Waals surface area (Å²) in [6.45, 7) is 0. The Balaban J connectivity index is 1.49. The van der Waals surface area contributed by atoms with E-state index in [-0.39, 0.29) is 12.2 Å². The molecule has 0 bridgehead atoms. The molecule has 0 aliphatic heterocycles. The molecule has 4 heteroatoms. The number of hydrogen-bond donors (Lipinski definition) is 1. The average Bonchev–Trinajstić information content (AvgIpc) is 3.19. The number of carbonyl (C=O) groups is 2. The van der Waals surface area contributed by atoms with E-state index in [1.54, 1.807) is 13.2 Å². The smallest absolute Gasteiger partial charge is 0.310 e. The zero-order chi connectivity index (χ0) is 22.6. The molecule has 1 aliphatic carbocycles. The summed E-state index contributed by atoms with van der Waals surface area (Å²) in [5.74, 6) is -0.276. The zero-order valence-corrected chi connectivity index (χ0v) is 18.3. The molecule has 1 aliphatic rings. The van der Waals surface area contributed by atoms with Crippen molar-refractivity contribution < 1.29 is 19.4 Å². The predicted octanol–water partition coefficient (Wildman–Crippen LogP) is 5.31. The molecule has 0 radical (unpaired) electrons. The van der Waals surface area contributed by atoms with Crippen LogP contribution in [0, 0.1) is 5.41 Å². The van der Waals surface area contributed by atoms with Crippen molar-refractivity contribution >= 4 is 11.8 Å². The molecule has 0 aromatic heterocycles. The SMILES string of the molecule is COc1ccc(C(=O)CC2(C(=O)O)Cc3ccccc3C2)cc1CCCc1ccccc1. The van der Waals surface area contributed by atoms with Crippen LogP contribution >= 0.6 is 0 Å². The first-order chi connectivity index (χ1) is 15.5. The number of benzene rings is 3. The van der Waals surface area contributed by atoms with Gasteiger partial charge in [0, 0.05) is 12.0 Å². The van der Waals surface area contributed by atoms with Crippen LogP contribution in [0.5, 0.6) is 5.75 Å². The maximum atomic E-state index is 13.2. The van der Waals surface area contributed by atoms with Gasteiger partial charge in [0.05, 0.1) is 12.5 Å². The second-order valence-electron chi connectivity index (χ2n) is 8.67. The lowest BCUT2D eigenvalue weighted by Gasteiger charge is -2.23. The van der Waals surface area contributed by atoms with Gasteiger partial charge in [0.1, 0.15) is 5.75 Å². The summed E-state index contributed by atoms with van der Waals surface area (Å²) in [5.41, 5.74) is 3.79. The Hall–Kier alpha value is -3.40. The molecule has 0 saturated carbocycles. The number of carbonyl (C=O) groups excluding carboxylic acids is 1. The maximum Gasteiger partial charge on any atom is 0.310 e. The molecule has 0 amide bonds. The van der Waals surface area contributed by atoms with Crippen LogP contribution in [0.15, 0.2) is 72.8 Å². The number of Topliss-reactive ketones (excluding diaryl/α,β-unsaturated/α-hetero) is 1. The fourth-order valence-corrected chi connectivity index (χ4v) is 4.73. The van der Waals surface area contributed by atoms with Crippen LogP contribution in [0.2, 0.25) is 0 Å². The van der Waals surface area contributed by atoms with Crippen molar-refractivity contribution in [1.29, 1.82) is 0 Å². The zero-order valence-electron chi connectivity index (χ0n) is 18.3. The molecule has 1 N–H and O–H groups in total. The first kappa shape index (κ1) is 21.8. The largest absolute Gasteiger partial charge is 0.496 e. The highest BCUT2D eigenvalue weighted by Gasteiger charge is 2.45. The summed E-state index contributed by atoms with van der Waals surface area (Å²) in [6, 6.07) is 23.5. The highest BCUT2D eigenvalue weighted by Crippen LogP contribution is 2.41. The Morgan fingerprint density at radius 3 is 2.19 bits per heavy atom. The molecule has 164 valence electrons. The van der Waals surface area contributed by atoms with Gasteiger partial charge in [-0.05, 0) is 72.6 Å². The lowest BCUT2D eigenvalue weighted by molar-refractivity contribution is -0.148. The molecule has 0 atom stereocenters. The molecule has 0 heterocycles. The van der Waals surface area contributed by atoms with E-state index in [0.717, 1.165) is 41.7 Å². The molecule has 0 fully saturated rings. The minimum absolute atomic E-state index is 0.00715. The Labute approximate surface area is 188 Å². The van der Waals surface area contributed by atoms with Crippen LogP contribution in [0.25, 0.3) is 0 Å².